The van der Waals surface area contributed by atoms with Crippen LogP contribution in [0.4, 0.5) is 0 Å². The van der Waals surface area contributed by atoms with Crippen LogP contribution in [-0.4, -0.2) is 11.0 Å². The summed E-state index contributed by atoms with van der Waals surface area (Å²) >= 11 is 9.28. The monoisotopic (exact) mass is 321 g/mol. The van der Waals surface area contributed by atoms with Crippen LogP contribution >= 0.6 is 23.2 Å². The topological polar surface area (TPSA) is 20.2 Å². The van der Waals surface area contributed by atoms with Gasteiger partial charge in [0.05, 0.1) is 0 Å². The number of rotatable bonds is 0. The van der Waals surface area contributed by atoms with Gasteiger partial charge in [0.25, 0.3) is 0 Å². The Balaban J connectivity index is -0.00000000825. The van der Waals surface area contributed by atoms with Crippen molar-refractivity contribution >= 4 is 23.2 Å². The van der Waals surface area contributed by atoms with Gasteiger partial charge in [0.1, 0.15) is 0 Å². The number of alkyl halides is 1. The second-order valence-electron chi connectivity index (χ2n) is 0.189. The molecule has 0 bridgehead atoms. The molecule has 2 radical (unpaired) electrons. The fraction of sp³-hybridized carbons (Fsp3) is 0.250. The smallest absolute Gasteiger partial charge is 0 e. The average Bonchev–Trinajstić information content (AvgIpc) is 1.78. The zero-order valence-electron chi connectivity index (χ0n) is 5.19. The van der Waals surface area contributed by atoms with E-state index in [-0.39, 0.29) is 65.4 Å². The molecule has 0 aliphatic carbocycles. The molecule has 9 heavy (non-hydrogen) atoms. The molecule has 0 saturated heterocycles. The van der Waals surface area contributed by atoms with Crippen LogP contribution in [0, 0.1) is 20.4 Å². The van der Waals surface area contributed by atoms with Crippen LogP contribution in [0.2, 0.25) is 0 Å². The molecule has 0 saturated carbocycles. The second kappa shape index (κ2) is 72.7. The first kappa shape index (κ1) is 29.8. The van der Waals surface area contributed by atoms with Crippen molar-refractivity contribution in [3.8, 4) is 0 Å². The molecule has 0 aliphatic heterocycles. The molecular formula is C4H9Cl2OY2-3. The van der Waals surface area contributed by atoms with Crippen molar-refractivity contribution in [2.45, 2.75) is 0 Å². The van der Waals surface area contributed by atoms with Gasteiger partial charge in [0, 0.05) is 65.4 Å². The molecule has 0 fully saturated rings. The summed E-state index contributed by atoms with van der Waals surface area (Å²) in [5, 5.41) is 6.75. The van der Waals surface area contributed by atoms with E-state index >= 15 is 0 Å². The summed E-state index contributed by atoms with van der Waals surface area (Å²) in [5.41, 5.74) is 0. The normalized spacial score (nSPS) is 3.33. The second-order valence-corrected chi connectivity index (χ2v) is 0.567. The van der Waals surface area contributed by atoms with Gasteiger partial charge < -0.3 is 23.6 Å². The molecule has 0 atom stereocenters. The molecule has 54 valence electrons. The third kappa shape index (κ3) is 109. The maximum Gasteiger partial charge on any atom is 0 e. The summed E-state index contributed by atoms with van der Waals surface area (Å²) in [6, 6.07) is 0. The van der Waals surface area contributed by atoms with E-state index in [1.807, 2.05) is 0 Å². The van der Waals surface area contributed by atoms with Crippen molar-refractivity contribution < 1.29 is 70.5 Å². The first-order valence-corrected chi connectivity index (χ1v) is 2.42. The van der Waals surface area contributed by atoms with Crippen molar-refractivity contribution in [3.05, 3.63) is 20.4 Å². The predicted molar refractivity (Wildman–Crippen MR) is 34.6 cm³/mol. The molecule has 0 amide bonds. The fourth-order valence-electron chi connectivity index (χ4n) is 0. The summed E-state index contributed by atoms with van der Waals surface area (Å²) in [4.78, 5) is 0. The van der Waals surface area contributed by atoms with E-state index in [0.29, 0.717) is 5.88 Å². The zero-order chi connectivity index (χ0) is 6.71. The van der Waals surface area contributed by atoms with E-state index in [2.05, 4.69) is 32.0 Å². The van der Waals surface area contributed by atoms with E-state index < -0.39 is 0 Å². The minimum atomic E-state index is 0. The van der Waals surface area contributed by atoms with Crippen molar-refractivity contribution in [3.63, 3.8) is 0 Å². The number of aliphatic hydroxyl groups is 1. The molecule has 0 spiro atoms. The fourth-order valence-corrected chi connectivity index (χ4v) is 0. The summed E-state index contributed by atoms with van der Waals surface area (Å²) in [6.45, 7) is 3.25. The van der Waals surface area contributed by atoms with Gasteiger partial charge >= 0.3 is 0 Å². The Morgan fingerprint density at radius 3 is 1.11 bits per heavy atom. The Morgan fingerprint density at radius 1 is 1.11 bits per heavy atom. The Hall–Kier alpha value is 2.75. The summed E-state index contributed by atoms with van der Waals surface area (Å²) in [5.74, 6) is 0.472. The largest absolute Gasteiger partial charge is 0.569 e. The van der Waals surface area contributed by atoms with E-state index in [0.717, 1.165) is 0 Å². The molecule has 5 heteroatoms. The van der Waals surface area contributed by atoms with Gasteiger partial charge in [-0.1, -0.05) is 0 Å². The average molecular weight is 322 g/mol. The molecule has 1 nitrogen and oxygen atoms in total. The van der Waals surface area contributed by atoms with Crippen LogP contribution in [0.1, 0.15) is 0 Å². The van der Waals surface area contributed by atoms with Gasteiger partial charge in [-0.25, -0.2) is 7.11 Å². The van der Waals surface area contributed by atoms with Gasteiger partial charge in [0.15, 0.2) is 0 Å². The molecule has 0 aromatic carbocycles. The van der Waals surface area contributed by atoms with Crippen LogP contribution in [0.25, 0.3) is 0 Å². The summed E-state index contributed by atoms with van der Waals surface area (Å²) in [6.07, 6.45) is 2.72. The molecule has 0 unspecified atom stereocenters. The summed E-state index contributed by atoms with van der Waals surface area (Å²) < 4.78 is 0. The van der Waals surface area contributed by atoms with Gasteiger partial charge in [-0.2, -0.15) is 11.6 Å². The van der Waals surface area contributed by atoms with E-state index in [1.54, 1.807) is 0 Å². The van der Waals surface area contributed by atoms with Gasteiger partial charge in [-0.05, 0) is 0 Å². The van der Waals surface area contributed by atoms with Gasteiger partial charge in [0.2, 0.25) is 0 Å². The summed E-state index contributed by atoms with van der Waals surface area (Å²) in [7, 11) is 2.25. The Morgan fingerprint density at radius 2 is 1.11 bits per heavy atom. The third-order valence-corrected chi connectivity index (χ3v) is 0. The van der Waals surface area contributed by atoms with Crippen molar-refractivity contribution in [2.75, 3.05) is 5.88 Å². The Bertz CT molecular complexity index is 16.5. The maximum atomic E-state index is 6.75. The van der Waals surface area contributed by atoms with E-state index in [1.165, 1.54) is 0 Å². The van der Waals surface area contributed by atoms with Crippen LogP contribution < -0.4 is 0 Å². The molecule has 1 N–H and O–H groups in total. The molecular weight excluding hydrogens is 313 g/mol. The Labute approximate surface area is 118 Å². The van der Waals surface area contributed by atoms with Crippen molar-refractivity contribution in [1.82, 2.24) is 0 Å². The van der Waals surface area contributed by atoms with Crippen LogP contribution in [0.5, 0.6) is 0 Å². The number of halogens is 2. The van der Waals surface area contributed by atoms with E-state index in [4.69, 9.17) is 16.7 Å². The van der Waals surface area contributed by atoms with Crippen molar-refractivity contribution in [1.29, 1.82) is 0 Å². The van der Waals surface area contributed by atoms with Gasteiger partial charge in [-0.3, -0.25) is 6.38 Å². The number of hydrogen-bond donors (Lipinski definition) is 1. The molecule has 0 heterocycles. The molecule has 0 aromatic rings. The predicted octanol–water partition coefficient (Wildman–Crippen LogP) is 2.22. The maximum absolute atomic E-state index is 6.75. The minimum absolute atomic E-state index is 0. The first-order chi connectivity index (χ1) is 3.41. The van der Waals surface area contributed by atoms with Crippen LogP contribution in [0.3, 0.4) is 0 Å². The van der Waals surface area contributed by atoms with E-state index in [9.17, 15) is 0 Å². The van der Waals surface area contributed by atoms with Crippen LogP contribution in [0.15, 0.2) is 0 Å². The Kier molecular flexibility index (Phi) is 241. The van der Waals surface area contributed by atoms with Crippen LogP contribution in [-0.2, 0) is 65.4 Å². The molecule has 0 aliphatic rings. The number of aliphatic hydroxyl groups excluding tert-OH is 1. The zero-order valence-corrected chi connectivity index (χ0v) is 12.4. The van der Waals surface area contributed by atoms with Gasteiger partial charge in [-0.15, -0.1) is 5.88 Å². The standard InChI is InChI=1S/C2H4Cl.CH2Cl.CH3O.2Y/c1-2-3;2*1-2;;/h1-2H2;1H2;2H,1H2;;/q3*-1;;. The third-order valence-electron chi connectivity index (χ3n) is 0. The molecule has 0 aromatic heterocycles. The first-order valence-electron chi connectivity index (χ1n) is 1.35. The minimum Gasteiger partial charge on any atom is -0.569 e. The quantitative estimate of drug-likeness (QED) is 0.536. The number of hydrogen-bond acceptors (Lipinski definition) is 1. The van der Waals surface area contributed by atoms with Crippen molar-refractivity contribution in [2.24, 2.45) is 0 Å². The molecule has 0 rings (SSSR count). The SMILES string of the molecule is [CH2-]CCl.[CH2-]Cl.[CH2-]O.[Y].[Y].